The maximum absolute atomic E-state index is 11.6. The van der Waals surface area contributed by atoms with Gasteiger partial charge in [-0.3, -0.25) is 4.90 Å². The number of anilines is 1. The summed E-state index contributed by atoms with van der Waals surface area (Å²) < 4.78 is 0. The van der Waals surface area contributed by atoms with Gasteiger partial charge in [0.15, 0.2) is 0 Å². The van der Waals surface area contributed by atoms with E-state index in [1.807, 2.05) is 30.3 Å². The minimum absolute atomic E-state index is 0.117. The summed E-state index contributed by atoms with van der Waals surface area (Å²) in [5, 5.41) is 2.84. The van der Waals surface area contributed by atoms with Crippen LogP contribution < -0.4 is 5.32 Å². The first-order valence-corrected chi connectivity index (χ1v) is 7.34. The molecule has 0 aromatic heterocycles. The number of urea groups is 1. The second kappa shape index (κ2) is 7.61. The molecule has 0 aliphatic rings. The number of nitrogens with one attached hydrogen (secondary N) is 1. The van der Waals surface area contributed by atoms with Crippen LogP contribution in [-0.4, -0.2) is 37.0 Å². The second-order valence-electron chi connectivity index (χ2n) is 5.68. The van der Waals surface area contributed by atoms with E-state index in [1.165, 1.54) is 16.0 Å². The molecule has 0 unspecified atom stereocenters. The Hall–Kier alpha value is -2.33. The normalized spacial score (nSPS) is 10.5. The Morgan fingerprint density at radius 1 is 0.864 bits per heavy atom. The predicted octanol–water partition coefficient (Wildman–Crippen LogP) is 3.41. The highest BCUT2D eigenvalue weighted by Crippen LogP contribution is 2.13. The van der Waals surface area contributed by atoms with Crippen LogP contribution in [0.4, 0.5) is 10.5 Å². The van der Waals surface area contributed by atoms with Crippen molar-refractivity contribution in [3.8, 4) is 0 Å². The number of hydrogen-bond donors (Lipinski definition) is 1. The highest BCUT2D eigenvalue weighted by molar-refractivity contribution is 5.88. The molecule has 4 nitrogen and oxygen atoms in total. The van der Waals surface area contributed by atoms with Crippen molar-refractivity contribution in [1.29, 1.82) is 0 Å². The number of amides is 2. The fraction of sp³-hybridized carbons (Fsp3) is 0.278. The van der Waals surface area contributed by atoms with Crippen LogP contribution in [0.1, 0.15) is 11.1 Å². The molecule has 0 saturated heterocycles. The van der Waals surface area contributed by atoms with Crippen molar-refractivity contribution in [2.75, 3.05) is 26.5 Å². The van der Waals surface area contributed by atoms with E-state index in [-0.39, 0.29) is 6.03 Å². The van der Waals surface area contributed by atoms with Gasteiger partial charge in [0.05, 0.1) is 0 Å². The second-order valence-corrected chi connectivity index (χ2v) is 5.68. The molecule has 0 fully saturated rings. The van der Waals surface area contributed by atoms with Crippen LogP contribution >= 0.6 is 0 Å². The number of carbonyl (C=O) groups excluding carboxylic acids is 1. The molecule has 0 aliphatic carbocycles. The molecule has 0 bridgehead atoms. The van der Waals surface area contributed by atoms with E-state index >= 15 is 0 Å². The molecule has 0 spiro atoms. The SMILES string of the molecule is CN(Cc1ccccc1)Cc1ccc(NC(=O)N(C)C)cc1. The largest absolute Gasteiger partial charge is 0.331 e. The maximum Gasteiger partial charge on any atom is 0.321 e. The van der Waals surface area contributed by atoms with E-state index in [9.17, 15) is 4.79 Å². The van der Waals surface area contributed by atoms with Crippen LogP contribution in [0.25, 0.3) is 0 Å². The Kier molecular flexibility index (Phi) is 5.55. The maximum atomic E-state index is 11.6. The van der Waals surface area contributed by atoms with Crippen molar-refractivity contribution >= 4 is 11.7 Å². The van der Waals surface area contributed by atoms with Gasteiger partial charge in [-0.25, -0.2) is 4.79 Å². The van der Waals surface area contributed by atoms with Gasteiger partial charge in [-0.1, -0.05) is 42.5 Å². The summed E-state index contributed by atoms with van der Waals surface area (Å²) in [7, 11) is 5.55. The van der Waals surface area contributed by atoms with Crippen LogP contribution in [0.3, 0.4) is 0 Å². The predicted molar refractivity (Wildman–Crippen MR) is 90.8 cm³/mol. The fourth-order valence-electron chi connectivity index (χ4n) is 2.19. The lowest BCUT2D eigenvalue weighted by atomic mass is 10.1. The summed E-state index contributed by atoms with van der Waals surface area (Å²) in [6.45, 7) is 1.79. The molecule has 2 amide bonds. The molecule has 4 heteroatoms. The third-order valence-electron chi connectivity index (χ3n) is 3.36. The average Bonchev–Trinajstić information content (AvgIpc) is 2.50. The van der Waals surface area contributed by atoms with Crippen molar-refractivity contribution in [3.63, 3.8) is 0 Å². The number of benzene rings is 2. The van der Waals surface area contributed by atoms with Gasteiger partial charge in [0.2, 0.25) is 0 Å². The van der Waals surface area contributed by atoms with Gasteiger partial charge in [0.25, 0.3) is 0 Å². The van der Waals surface area contributed by atoms with Crippen molar-refractivity contribution in [3.05, 3.63) is 65.7 Å². The lowest BCUT2D eigenvalue weighted by molar-refractivity contribution is 0.230. The van der Waals surface area contributed by atoms with Gasteiger partial charge < -0.3 is 10.2 Å². The van der Waals surface area contributed by atoms with Crippen LogP contribution in [0.5, 0.6) is 0 Å². The van der Waals surface area contributed by atoms with Crippen molar-refractivity contribution in [2.45, 2.75) is 13.1 Å². The van der Waals surface area contributed by atoms with Crippen molar-refractivity contribution in [1.82, 2.24) is 9.80 Å². The van der Waals surface area contributed by atoms with E-state index < -0.39 is 0 Å². The first-order chi connectivity index (χ1) is 10.5. The lowest BCUT2D eigenvalue weighted by Crippen LogP contribution is -2.27. The molecule has 2 aromatic rings. The number of carbonyl (C=O) groups is 1. The zero-order valence-electron chi connectivity index (χ0n) is 13.4. The highest BCUT2D eigenvalue weighted by atomic mass is 16.2. The van der Waals surface area contributed by atoms with Crippen LogP contribution in [0.2, 0.25) is 0 Å². The van der Waals surface area contributed by atoms with E-state index in [0.29, 0.717) is 0 Å². The quantitative estimate of drug-likeness (QED) is 0.918. The van der Waals surface area contributed by atoms with Crippen LogP contribution in [0, 0.1) is 0 Å². The zero-order valence-corrected chi connectivity index (χ0v) is 13.4. The monoisotopic (exact) mass is 297 g/mol. The summed E-state index contributed by atoms with van der Waals surface area (Å²) in [6, 6.07) is 18.3. The van der Waals surface area contributed by atoms with E-state index in [2.05, 4.69) is 41.5 Å². The first-order valence-electron chi connectivity index (χ1n) is 7.34. The Morgan fingerprint density at radius 3 is 1.95 bits per heavy atom. The number of nitrogens with zero attached hydrogens (tertiary/aromatic N) is 2. The third-order valence-corrected chi connectivity index (χ3v) is 3.36. The van der Waals surface area contributed by atoms with Gasteiger partial charge in [0.1, 0.15) is 0 Å². The zero-order chi connectivity index (χ0) is 15.9. The summed E-state index contributed by atoms with van der Waals surface area (Å²) in [5.74, 6) is 0. The molecular weight excluding hydrogens is 274 g/mol. The standard InChI is InChI=1S/C18H23N3O/c1-20(2)18(22)19-17-11-9-16(10-12-17)14-21(3)13-15-7-5-4-6-8-15/h4-12H,13-14H2,1-3H3,(H,19,22). The highest BCUT2D eigenvalue weighted by Gasteiger charge is 2.05. The van der Waals surface area contributed by atoms with E-state index in [1.54, 1.807) is 14.1 Å². The molecule has 22 heavy (non-hydrogen) atoms. The first kappa shape index (κ1) is 16.0. The van der Waals surface area contributed by atoms with Gasteiger partial charge in [-0.05, 0) is 30.3 Å². The Balaban J connectivity index is 1.89. The van der Waals surface area contributed by atoms with Crippen LogP contribution in [-0.2, 0) is 13.1 Å². The molecule has 2 aromatic carbocycles. The molecule has 0 heterocycles. The summed E-state index contributed by atoms with van der Waals surface area (Å²) in [4.78, 5) is 15.4. The number of hydrogen-bond acceptors (Lipinski definition) is 2. The summed E-state index contributed by atoms with van der Waals surface area (Å²) >= 11 is 0. The molecule has 116 valence electrons. The summed E-state index contributed by atoms with van der Waals surface area (Å²) in [6.07, 6.45) is 0. The topological polar surface area (TPSA) is 35.6 Å². The Labute approximate surface area is 132 Å². The van der Waals surface area contributed by atoms with Crippen LogP contribution in [0.15, 0.2) is 54.6 Å². The van der Waals surface area contributed by atoms with Gasteiger partial charge in [-0.15, -0.1) is 0 Å². The molecule has 2 rings (SSSR count). The van der Waals surface area contributed by atoms with Crippen molar-refractivity contribution < 1.29 is 4.79 Å². The van der Waals surface area contributed by atoms with Gasteiger partial charge in [0, 0.05) is 32.9 Å². The summed E-state index contributed by atoms with van der Waals surface area (Å²) in [5.41, 5.74) is 3.34. The molecule has 0 atom stereocenters. The third kappa shape index (κ3) is 4.90. The van der Waals surface area contributed by atoms with Gasteiger partial charge in [-0.2, -0.15) is 0 Å². The average molecular weight is 297 g/mol. The number of rotatable bonds is 5. The molecule has 0 radical (unpaired) electrons. The van der Waals surface area contributed by atoms with Crippen molar-refractivity contribution in [2.24, 2.45) is 0 Å². The molecule has 0 saturated carbocycles. The molecular formula is C18H23N3O. The van der Waals surface area contributed by atoms with E-state index in [4.69, 9.17) is 0 Å². The minimum atomic E-state index is -0.117. The molecule has 1 N–H and O–H groups in total. The Bertz CT molecular complexity index is 593. The Morgan fingerprint density at radius 2 is 1.41 bits per heavy atom. The van der Waals surface area contributed by atoms with E-state index in [0.717, 1.165) is 18.8 Å². The van der Waals surface area contributed by atoms with Gasteiger partial charge >= 0.3 is 6.03 Å². The fourth-order valence-corrected chi connectivity index (χ4v) is 2.19. The minimum Gasteiger partial charge on any atom is -0.331 e. The smallest absolute Gasteiger partial charge is 0.321 e. The molecule has 0 aliphatic heterocycles. The lowest BCUT2D eigenvalue weighted by Gasteiger charge is -2.17.